The summed E-state index contributed by atoms with van der Waals surface area (Å²) >= 11 is 5.94. The zero-order valence-electron chi connectivity index (χ0n) is 11.0. The molecule has 0 aromatic carbocycles. The van der Waals surface area contributed by atoms with Gasteiger partial charge in [-0.1, -0.05) is 11.6 Å². The Hall–Kier alpha value is -1.55. The maximum atomic E-state index is 5.94. The predicted octanol–water partition coefficient (Wildman–Crippen LogP) is 3.28. The Labute approximate surface area is 112 Å². The van der Waals surface area contributed by atoms with E-state index in [1.807, 2.05) is 44.9 Å². The van der Waals surface area contributed by atoms with Crippen molar-refractivity contribution in [3.63, 3.8) is 0 Å². The number of halogens is 1. The molecular formula is C13H16ClN3O. The van der Waals surface area contributed by atoms with E-state index in [9.17, 15) is 0 Å². The lowest BCUT2D eigenvalue weighted by molar-refractivity contribution is 0.481. The molecule has 0 saturated carbocycles. The number of furan rings is 1. The minimum atomic E-state index is 0.457. The normalized spacial score (nSPS) is 10.7. The number of anilines is 1. The average molecular weight is 266 g/mol. The zero-order chi connectivity index (χ0) is 13.3. The van der Waals surface area contributed by atoms with Gasteiger partial charge in [0.25, 0.3) is 0 Å². The second kappa shape index (κ2) is 4.98. The Morgan fingerprint density at radius 1 is 1.17 bits per heavy atom. The first-order valence-corrected chi connectivity index (χ1v) is 6.12. The largest absolute Gasteiger partial charge is 0.464 e. The first-order chi connectivity index (χ1) is 8.49. The summed E-state index contributed by atoms with van der Waals surface area (Å²) in [6, 6.07) is 3.92. The number of hydrogen-bond acceptors (Lipinski definition) is 4. The third-order valence-electron chi connectivity index (χ3n) is 2.99. The number of rotatable bonds is 3. The van der Waals surface area contributed by atoms with Crippen LogP contribution in [0, 0.1) is 20.8 Å². The van der Waals surface area contributed by atoms with Gasteiger partial charge >= 0.3 is 0 Å². The summed E-state index contributed by atoms with van der Waals surface area (Å²) in [6.45, 7) is 6.53. The van der Waals surface area contributed by atoms with Crippen LogP contribution < -0.4 is 4.90 Å². The lowest BCUT2D eigenvalue weighted by atomic mass is 10.2. The molecule has 0 bridgehead atoms. The van der Waals surface area contributed by atoms with Crippen molar-refractivity contribution >= 4 is 17.4 Å². The fourth-order valence-corrected chi connectivity index (χ4v) is 1.98. The number of nitrogens with zero attached hydrogens (tertiary/aromatic N) is 3. The van der Waals surface area contributed by atoms with Gasteiger partial charge in [0, 0.05) is 7.05 Å². The Morgan fingerprint density at radius 2 is 1.89 bits per heavy atom. The van der Waals surface area contributed by atoms with Gasteiger partial charge in [-0.05, 0) is 44.0 Å². The summed E-state index contributed by atoms with van der Waals surface area (Å²) in [4.78, 5) is 2.00. The van der Waals surface area contributed by atoms with E-state index in [2.05, 4.69) is 10.2 Å². The van der Waals surface area contributed by atoms with Crippen LogP contribution >= 0.6 is 11.6 Å². The fraction of sp³-hybridized carbons (Fsp3) is 0.385. The van der Waals surface area contributed by atoms with Crippen molar-refractivity contribution in [2.45, 2.75) is 27.3 Å². The molecule has 2 heterocycles. The molecule has 0 aliphatic heterocycles. The highest BCUT2D eigenvalue weighted by molar-refractivity contribution is 6.30. The molecule has 5 heteroatoms. The van der Waals surface area contributed by atoms with Crippen LogP contribution in [0.25, 0.3) is 0 Å². The summed E-state index contributed by atoms with van der Waals surface area (Å²) < 4.78 is 5.55. The van der Waals surface area contributed by atoms with Crippen molar-refractivity contribution in [1.82, 2.24) is 10.2 Å². The maximum absolute atomic E-state index is 5.94. The van der Waals surface area contributed by atoms with Gasteiger partial charge in [0.1, 0.15) is 11.5 Å². The molecular weight excluding hydrogens is 250 g/mol. The van der Waals surface area contributed by atoms with Crippen molar-refractivity contribution in [3.8, 4) is 0 Å². The lowest BCUT2D eigenvalue weighted by Crippen LogP contribution is -2.19. The van der Waals surface area contributed by atoms with Gasteiger partial charge < -0.3 is 9.32 Å². The minimum Gasteiger partial charge on any atom is -0.464 e. The van der Waals surface area contributed by atoms with Gasteiger partial charge in [0.05, 0.1) is 6.54 Å². The third kappa shape index (κ3) is 2.48. The third-order valence-corrected chi connectivity index (χ3v) is 3.35. The van der Waals surface area contributed by atoms with Gasteiger partial charge in [-0.15, -0.1) is 10.2 Å². The van der Waals surface area contributed by atoms with Gasteiger partial charge in [0.15, 0.2) is 11.0 Å². The summed E-state index contributed by atoms with van der Waals surface area (Å²) in [5, 5.41) is 8.55. The molecule has 0 fully saturated rings. The number of aryl methyl sites for hydroxylation is 1. The molecule has 2 aromatic heterocycles. The van der Waals surface area contributed by atoms with Crippen LogP contribution in [0.3, 0.4) is 0 Å². The van der Waals surface area contributed by atoms with E-state index >= 15 is 0 Å². The minimum absolute atomic E-state index is 0.457. The fourth-order valence-electron chi connectivity index (χ4n) is 1.81. The van der Waals surface area contributed by atoms with Crippen molar-refractivity contribution in [3.05, 3.63) is 39.9 Å². The lowest BCUT2D eigenvalue weighted by Gasteiger charge is -2.19. The monoisotopic (exact) mass is 265 g/mol. The Balaban J connectivity index is 2.24. The molecule has 0 radical (unpaired) electrons. The molecule has 0 spiro atoms. The molecule has 2 rings (SSSR count). The summed E-state index contributed by atoms with van der Waals surface area (Å²) in [5.41, 5.74) is 2.00. The van der Waals surface area contributed by atoms with Crippen molar-refractivity contribution < 1.29 is 4.42 Å². The summed E-state index contributed by atoms with van der Waals surface area (Å²) in [6.07, 6.45) is 0. The summed E-state index contributed by atoms with van der Waals surface area (Å²) in [5.74, 6) is 2.64. The van der Waals surface area contributed by atoms with Crippen molar-refractivity contribution in [2.24, 2.45) is 0 Å². The van der Waals surface area contributed by atoms with E-state index in [4.69, 9.17) is 16.0 Å². The SMILES string of the molecule is Cc1ccc(CN(C)c2nnc(Cl)c(C)c2C)o1. The van der Waals surface area contributed by atoms with E-state index in [1.54, 1.807) is 0 Å². The maximum Gasteiger partial charge on any atom is 0.155 e. The van der Waals surface area contributed by atoms with E-state index in [0.717, 1.165) is 28.5 Å². The molecule has 18 heavy (non-hydrogen) atoms. The van der Waals surface area contributed by atoms with Gasteiger partial charge in [-0.2, -0.15) is 0 Å². The Kier molecular flexibility index (Phi) is 3.57. The van der Waals surface area contributed by atoms with Crippen LogP contribution in [-0.2, 0) is 6.54 Å². The molecule has 4 nitrogen and oxygen atoms in total. The molecule has 0 N–H and O–H groups in total. The smallest absolute Gasteiger partial charge is 0.155 e. The van der Waals surface area contributed by atoms with E-state index in [1.165, 1.54) is 0 Å². The first kappa shape index (κ1) is 12.9. The van der Waals surface area contributed by atoms with Crippen LogP contribution in [0.2, 0.25) is 5.15 Å². The highest BCUT2D eigenvalue weighted by atomic mass is 35.5. The molecule has 2 aromatic rings. The highest BCUT2D eigenvalue weighted by Gasteiger charge is 2.13. The molecule has 0 unspecified atom stereocenters. The zero-order valence-corrected chi connectivity index (χ0v) is 11.7. The van der Waals surface area contributed by atoms with E-state index < -0.39 is 0 Å². The van der Waals surface area contributed by atoms with Crippen LogP contribution in [0.15, 0.2) is 16.5 Å². The number of hydrogen-bond donors (Lipinski definition) is 0. The quantitative estimate of drug-likeness (QED) is 0.854. The summed E-state index contributed by atoms with van der Waals surface area (Å²) in [7, 11) is 1.96. The van der Waals surface area contributed by atoms with E-state index in [-0.39, 0.29) is 0 Å². The Bertz CT molecular complexity index is 565. The second-order valence-corrected chi connectivity index (χ2v) is 4.79. The van der Waals surface area contributed by atoms with Crippen LogP contribution in [0.1, 0.15) is 22.6 Å². The topological polar surface area (TPSA) is 42.2 Å². The van der Waals surface area contributed by atoms with E-state index in [0.29, 0.717) is 11.7 Å². The van der Waals surface area contributed by atoms with Gasteiger partial charge in [-0.25, -0.2) is 0 Å². The highest BCUT2D eigenvalue weighted by Crippen LogP contribution is 2.24. The second-order valence-electron chi connectivity index (χ2n) is 4.43. The molecule has 0 saturated heterocycles. The standard InChI is InChI=1S/C13H16ClN3O/c1-8-5-6-11(18-8)7-17(4)13-10(3)9(2)12(14)15-16-13/h5-6H,7H2,1-4H3. The molecule has 0 aliphatic carbocycles. The first-order valence-electron chi connectivity index (χ1n) is 5.75. The van der Waals surface area contributed by atoms with Crippen LogP contribution in [0.4, 0.5) is 5.82 Å². The molecule has 0 aliphatic rings. The molecule has 96 valence electrons. The molecule has 0 amide bonds. The van der Waals surface area contributed by atoms with Crippen molar-refractivity contribution in [1.29, 1.82) is 0 Å². The van der Waals surface area contributed by atoms with Crippen LogP contribution in [-0.4, -0.2) is 17.2 Å². The van der Waals surface area contributed by atoms with Crippen LogP contribution in [0.5, 0.6) is 0 Å². The van der Waals surface area contributed by atoms with Gasteiger partial charge in [0.2, 0.25) is 0 Å². The van der Waals surface area contributed by atoms with Crippen molar-refractivity contribution in [2.75, 3.05) is 11.9 Å². The number of aromatic nitrogens is 2. The Morgan fingerprint density at radius 3 is 2.50 bits per heavy atom. The average Bonchev–Trinajstić information content (AvgIpc) is 2.71. The molecule has 0 atom stereocenters. The predicted molar refractivity (Wildman–Crippen MR) is 72.1 cm³/mol. The van der Waals surface area contributed by atoms with Gasteiger partial charge in [-0.3, -0.25) is 0 Å².